The van der Waals surface area contributed by atoms with E-state index in [1.165, 1.54) is 5.56 Å². The van der Waals surface area contributed by atoms with Crippen LogP contribution in [0.4, 0.5) is 5.69 Å². The first-order valence-electron chi connectivity index (χ1n) is 23.2. The van der Waals surface area contributed by atoms with Crippen molar-refractivity contribution in [3.8, 4) is 22.5 Å². The number of nitrogens with zero attached hydrogens (tertiary/aromatic N) is 5. The normalized spacial score (nSPS) is 12.7. The molecule has 6 N–H and O–H groups in total. The van der Waals surface area contributed by atoms with Crippen LogP contribution in [0.1, 0.15) is 78.2 Å². The molecule has 1 amide bonds. The molecule has 0 spiro atoms. The molecule has 1 unspecified atom stereocenters. The average Bonchev–Trinajstić information content (AvgIpc) is 3.70. The fourth-order valence-electron chi connectivity index (χ4n) is 6.70. The van der Waals surface area contributed by atoms with Crippen LogP contribution in [0.25, 0.3) is 22.5 Å². The molecule has 3 aromatic rings. The summed E-state index contributed by atoms with van der Waals surface area (Å²) >= 11 is 0. The van der Waals surface area contributed by atoms with Gasteiger partial charge in [0, 0.05) is 61.7 Å². The van der Waals surface area contributed by atoms with Crippen LogP contribution in [-0.4, -0.2) is 136 Å². The van der Waals surface area contributed by atoms with Gasteiger partial charge in [0.2, 0.25) is 5.91 Å². The molecule has 2 aromatic carbocycles. The number of ether oxygens (including phenoxy) is 5. The van der Waals surface area contributed by atoms with E-state index >= 15 is 0 Å². The zero-order valence-corrected chi connectivity index (χ0v) is 40.8. The van der Waals surface area contributed by atoms with Crippen LogP contribution < -0.4 is 21.8 Å². The molecule has 66 heavy (non-hydrogen) atoms. The fraction of sp³-hybridized carbons (Fsp3) is 0.617. The van der Waals surface area contributed by atoms with Crippen molar-refractivity contribution in [1.82, 2.24) is 25.3 Å². The molecule has 0 radical (unpaired) electrons. The van der Waals surface area contributed by atoms with E-state index in [0.717, 1.165) is 78.8 Å². The maximum atomic E-state index is 11.2. The number of rotatable bonds is 34. The van der Waals surface area contributed by atoms with Crippen LogP contribution in [0.15, 0.2) is 60.4 Å². The third-order valence-corrected chi connectivity index (χ3v) is 10.8. The Morgan fingerprint density at radius 1 is 0.848 bits per heavy atom. The summed E-state index contributed by atoms with van der Waals surface area (Å²) < 4.78 is 40.3. The number of amides is 1. The minimum Gasteiger partial charge on any atom is -0.401 e. The van der Waals surface area contributed by atoms with Crippen LogP contribution in [0.2, 0.25) is 0 Å². The van der Waals surface area contributed by atoms with Crippen molar-refractivity contribution in [1.29, 1.82) is 0 Å². The highest BCUT2D eigenvalue weighted by Gasteiger charge is 2.25. The van der Waals surface area contributed by atoms with E-state index in [2.05, 4.69) is 83.9 Å². The summed E-state index contributed by atoms with van der Waals surface area (Å²) in [4.78, 5) is 32.8. The van der Waals surface area contributed by atoms with Gasteiger partial charge in [0.15, 0.2) is 0 Å². The molecule has 1 aliphatic rings. The number of allylic oxidation sites excluding steroid dienone is 1. The highest BCUT2D eigenvalue weighted by atomic mass is 31.2. The van der Waals surface area contributed by atoms with Crippen LogP contribution >= 0.6 is 8.60 Å². The van der Waals surface area contributed by atoms with Gasteiger partial charge in [-0.25, -0.2) is 10.5 Å². The largest absolute Gasteiger partial charge is 0.401 e. The van der Waals surface area contributed by atoms with Gasteiger partial charge in [0.05, 0.1) is 97.6 Å². The number of unbranched alkanes of at least 4 members (excludes halogenated alkanes) is 3. The number of hydrogen-bond donors (Lipinski definition) is 4. The zero-order valence-electron chi connectivity index (χ0n) is 39.9. The topological polar surface area (TPSA) is 220 Å². The third kappa shape index (κ3) is 23.6. The number of hydrogen-bond acceptors (Lipinski definition) is 16. The maximum absolute atomic E-state index is 11.2. The molecule has 1 atom stereocenters. The Hall–Kier alpha value is -4.07. The Labute approximate surface area is 393 Å². The molecule has 0 fully saturated rings. The molecule has 18 nitrogen and oxygen atoms in total. The Bertz CT molecular complexity index is 1800. The Morgan fingerprint density at radius 3 is 2.11 bits per heavy atom. The first kappa shape index (κ1) is 56.3. The Balaban J connectivity index is 0.000000487. The van der Waals surface area contributed by atoms with Crippen LogP contribution in [0, 0.1) is 5.92 Å². The number of nitrogens with two attached hydrogens (primary N) is 2. The van der Waals surface area contributed by atoms with Gasteiger partial charge >= 0.3 is 8.60 Å². The second-order valence-electron chi connectivity index (χ2n) is 16.3. The molecule has 2 heterocycles. The summed E-state index contributed by atoms with van der Waals surface area (Å²) in [7, 11) is 0.367. The molecule has 0 aliphatic carbocycles. The molecule has 1 aliphatic heterocycles. The van der Waals surface area contributed by atoms with Crippen LogP contribution in [0.5, 0.6) is 0 Å². The van der Waals surface area contributed by atoms with Crippen LogP contribution in [-0.2, 0) is 55.4 Å². The predicted octanol–water partition coefficient (Wildman–Crippen LogP) is 5.97. The number of aldehydes is 1. The van der Waals surface area contributed by atoms with Crippen LogP contribution in [0.3, 0.4) is 0 Å². The van der Waals surface area contributed by atoms with Gasteiger partial charge in [-0.1, -0.05) is 74.4 Å². The second kappa shape index (κ2) is 34.3. The van der Waals surface area contributed by atoms with Gasteiger partial charge in [-0.3, -0.25) is 4.79 Å². The summed E-state index contributed by atoms with van der Waals surface area (Å²) in [6.45, 7) is 16.0. The lowest BCUT2D eigenvalue weighted by molar-refractivity contribution is -0.122. The molecule has 19 heteroatoms. The van der Waals surface area contributed by atoms with Crippen molar-refractivity contribution < 1.29 is 47.2 Å². The summed E-state index contributed by atoms with van der Waals surface area (Å²) in [5.74, 6) is 6.34. The molecule has 0 saturated heterocycles. The monoisotopic (exact) mass is 945 g/mol. The van der Waals surface area contributed by atoms with Crippen molar-refractivity contribution in [2.45, 2.75) is 91.8 Å². The van der Waals surface area contributed by atoms with Gasteiger partial charge < -0.3 is 63.4 Å². The fourth-order valence-corrected chi connectivity index (χ4v) is 7.41. The standard InChI is InChI=1S/C34H51N7O5.C13H26NO5P/c1-27(2)24-29(35)26-40(36)12-14-42-16-18-44-20-22-46-23-21-45-19-17-43-15-13-41-34-30-9-5-4-8-28(30)25-39(3)32-11-7-6-10-31(32)33(34)37-38-41;1-12(2)19-20(17)18-11-6-4-3-5-9-14-13(16)8-7-10-15/h4-11,26-27H,12-25,35-36H2,1-3H3;10,12,17H,3-9,11H2,1-2H3,(H,14,16)/b29-26-;. The second-order valence-corrected chi connectivity index (χ2v) is 17.3. The van der Waals surface area contributed by atoms with E-state index in [0.29, 0.717) is 98.2 Å². The number of benzene rings is 2. The number of aromatic nitrogens is 3. The number of nitrogens with one attached hydrogen (secondary N) is 1. The van der Waals surface area contributed by atoms with E-state index in [1.807, 2.05) is 24.6 Å². The maximum Gasteiger partial charge on any atom is 0.330 e. The van der Waals surface area contributed by atoms with Gasteiger partial charge in [-0.2, -0.15) is 0 Å². The third-order valence-electron chi connectivity index (χ3n) is 9.78. The van der Waals surface area contributed by atoms with Crippen molar-refractivity contribution in [2.24, 2.45) is 17.5 Å². The lowest BCUT2D eigenvalue weighted by Crippen LogP contribution is -2.30. The van der Waals surface area contributed by atoms with E-state index in [-0.39, 0.29) is 24.9 Å². The number of hydrazine groups is 1. The molecule has 0 bridgehead atoms. The van der Waals surface area contributed by atoms with E-state index in [4.69, 9.17) is 44.3 Å². The number of anilines is 1. The van der Waals surface area contributed by atoms with E-state index in [9.17, 15) is 14.5 Å². The first-order chi connectivity index (χ1) is 32.0. The highest BCUT2D eigenvalue weighted by molar-refractivity contribution is 7.40. The van der Waals surface area contributed by atoms with Crippen molar-refractivity contribution >= 4 is 26.5 Å². The Morgan fingerprint density at radius 2 is 1.45 bits per heavy atom. The number of para-hydroxylation sites is 1. The van der Waals surface area contributed by atoms with Crippen molar-refractivity contribution in [3.05, 3.63) is 66.0 Å². The lowest BCUT2D eigenvalue weighted by Gasteiger charge is -2.26. The first-order valence-corrected chi connectivity index (χ1v) is 24.3. The zero-order chi connectivity index (χ0) is 47.8. The molecular formula is C47H77N8O10P. The summed E-state index contributed by atoms with van der Waals surface area (Å²) in [6.07, 6.45) is 7.60. The molecule has 370 valence electrons. The summed E-state index contributed by atoms with van der Waals surface area (Å²) in [6, 6.07) is 16.8. The number of carbonyl (C=O) groups is 2. The van der Waals surface area contributed by atoms with Gasteiger partial charge in [-0.05, 0) is 50.7 Å². The number of fused-ring (bicyclic) bond motifs is 5. The Kier molecular flexibility index (Phi) is 29.2. The van der Waals surface area contributed by atoms with Gasteiger partial charge in [0.25, 0.3) is 0 Å². The van der Waals surface area contributed by atoms with Gasteiger partial charge in [-0.15, -0.1) is 5.10 Å². The smallest absolute Gasteiger partial charge is 0.330 e. The SMILES string of the molecule is CC(C)C/C(N)=C/N(N)CCOCCOCCOCCOCCOCCn1nnc2c1-c1ccccc1CN(C)c1ccccc1-2.CC(C)OP(O)OCCCCCCNC(=O)CCC=O. The molecule has 0 saturated carbocycles. The number of carbonyl (C=O) groups excluding carboxylic acids is 2. The summed E-state index contributed by atoms with van der Waals surface area (Å²) in [5.41, 5.74) is 13.3. The van der Waals surface area contributed by atoms with E-state index < -0.39 is 8.60 Å². The molecule has 1 aromatic heterocycles. The minimum atomic E-state index is -1.75. The van der Waals surface area contributed by atoms with Crippen molar-refractivity contribution in [2.75, 3.05) is 97.7 Å². The quantitative estimate of drug-likeness (QED) is 0.0178. The molecular weight excluding hydrogens is 868 g/mol. The highest BCUT2D eigenvalue weighted by Crippen LogP contribution is 2.40. The lowest BCUT2D eigenvalue weighted by atomic mass is 9.96. The van der Waals surface area contributed by atoms with Crippen molar-refractivity contribution in [3.63, 3.8) is 0 Å². The summed E-state index contributed by atoms with van der Waals surface area (Å²) in [5, 5.41) is 13.5. The predicted molar refractivity (Wildman–Crippen MR) is 258 cm³/mol. The molecule has 4 rings (SSSR count). The van der Waals surface area contributed by atoms with Gasteiger partial charge in [0.1, 0.15) is 12.0 Å². The van der Waals surface area contributed by atoms with E-state index in [1.54, 1.807) is 11.2 Å². The minimum absolute atomic E-state index is 0.0334. The average molecular weight is 945 g/mol.